The Hall–Kier alpha value is -0.120. The van der Waals surface area contributed by atoms with Crippen LogP contribution < -0.4 is 5.73 Å². The molecule has 0 spiro atoms. The molecule has 0 fully saturated rings. The average molecular weight is 188 g/mol. The molecule has 0 radical (unpaired) electrons. The van der Waals surface area contributed by atoms with Crippen LogP contribution in [0, 0.1) is 0 Å². The van der Waals surface area contributed by atoms with Gasteiger partial charge in [-0.25, -0.2) is 0 Å². The number of methoxy groups -OCH3 is 1. The summed E-state index contributed by atoms with van der Waals surface area (Å²) >= 11 is 0. The van der Waals surface area contributed by atoms with Gasteiger partial charge in [-0.05, 0) is 40.8 Å². The summed E-state index contributed by atoms with van der Waals surface area (Å²) in [5, 5.41) is 0. The van der Waals surface area contributed by atoms with Gasteiger partial charge in [0.25, 0.3) is 0 Å². The Morgan fingerprint density at radius 3 is 2.38 bits per heavy atom. The minimum Gasteiger partial charge on any atom is -0.383 e. The average Bonchev–Trinajstić information content (AvgIpc) is 1.99. The van der Waals surface area contributed by atoms with E-state index in [1.165, 1.54) is 0 Å². The normalized spacial score (nSPS) is 15.0. The molecule has 0 heterocycles. The Labute approximate surface area is 82.2 Å². The van der Waals surface area contributed by atoms with Crippen molar-refractivity contribution < 1.29 is 4.74 Å². The molecule has 0 aliphatic carbocycles. The van der Waals surface area contributed by atoms with Gasteiger partial charge >= 0.3 is 0 Å². The van der Waals surface area contributed by atoms with Gasteiger partial charge in [0, 0.05) is 18.7 Å². The first-order valence-corrected chi connectivity index (χ1v) is 4.85. The van der Waals surface area contributed by atoms with E-state index >= 15 is 0 Å². The van der Waals surface area contributed by atoms with Gasteiger partial charge in [-0.3, -0.25) is 0 Å². The van der Waals surface area contributed by atoms with E-state index in [9.17, 15) is 0 Å². The predicted octanol–water partition coefficient (Wildman–Crippen LogP) is 1.08. The summed E-state index contributed by atoms with van der Waals surface area (Å²) in [5.74, 6) is 0. The van der Waals surface area contributed by atoms with Crippen molar-refractivity contribution >= 4 is 0 Å². The van der Waals surface area contributed by atoms with Gasteiger partial charge in [0.2, 0.25) is 0 Å². The molecule has 80 valence electrons. The lowest BCUT2D eigenvalue weighted by Crippen LogP contribution is -2.40. The van der Waals surface area contributed by atoms with Crippen molar-refractivity contribution in [1.29, 1.82) is 0 Å². The minimum atomic E-state index is -0.0684. The molecular formula is C10H24N2O. The molecule has 0 aromatic heterocycles. The highest BCUT2D eigenvalue weighted by molar-refractivity contribution is 4.74. The number of nitrogens with zero attached hydrogens (tertiary/aromatic N) is 1. The van der Waals surface area contributed by atoms with Gasteiger partial charge in [0.05, 0.1) is 6.61 Å². The molecule has 0 rings (SSSR count). The zero-order valence-corrected chi connectivity index (χ0v) is 9.63. The Morgan fingerprint density at radius 1 is 1.46 bits per heavy atom. The van der Waals surface area contributed by atoms with Crippen LogP contribution in [0.15, 0.2) is 0 Å². The molecule has 3 nitrogen and oxygen atoms in total. The molecule has 0 bridgehead atoms. The topological polar surface area (TPSA) is 38.5 Å². The maximum absolute atomic E-state index is 5.90. The van der Waals surface area contributed by atoms with Gasteiger partial charge in [-0.1, -0.05) is 0 Å². The van der Waals surface area contributed by atoms with Gasteiger partial charge in [0.1, 0.15) is 0 Å². The third-order valence-electron chi connectivity index (χ3n) is 2.27. The molecule has 13 heavy (non-hydrogen) atoms. The van der Waals surface area contributed by atoms with E-state index in [0.29, 0.717) is 6.04 Å². The van der Waals surface area contributed by atoms with Crippen LogP contribution in [0.2, 0.25) is 0 Å². The summed E-state index contributed by atoms with van der Waals surface area (Å²) in [7, 11) is 3.84. The van der Waals surface area contributed by atoms with E-state index in [1.807, 2.05) is 0 Å². The Kier molecular flexibility index (Phi) is 5.53. The summed E-state index contributed by atoms with van der Waals surface area (Å²) in [6, 6.07) is 0.465. The first-order chi connectivity index (χ1) is 5.87. The fourth-order valence-corrected chi connectivity index (χ4v) is 1.05. The lowest BCUT2D eigenvalue weighted by atomic mass is 10.0. The maximum Gasteiger partial charge on any atom is 0.0615 e. The van der Waals surface area contributed by atoms with Crippen molar-refractivity contribution in [3.63, 3.8) is 0 Å². The molecule has 1 unspecified atom stereocenters. The predicted molar refractivity (Wildman–Crippen MR) is 56.9 cm³/mol. The number of likely N-dealkylation sites (N-methyl/N-ethyl adjacent to an activating group) is 1. The van der Waals surface area contributed by atoms with Crippen LogP contribution >= 0.6 is 0 Å². The van der Waals surface area contributed by atoms with Gasteiger partial charge in [0.15, 0.2) is 0 Å². The zero-order valence-electron chi connectivity index (χ0n) is 9.63. The molecule has 0 saturated heterocycles. The van der Waals surface area contributed by atoms with Crippen LogP contribution in [0.25, 0.3) is 0 Å². The molecule has 0 amide bonds. The summed E-state index contributed by atoms with van der Waals surface area (Å²) in [6.07, 6.45) is 1.01. The molecular weight excluding hydrogens is 164 g/mol. The van der Waals surface area contributed by atoms with Crippen LogP contribution in [0.5, 0.6) is 0 Å². The highest BCUT2D eigenvalue weighted by Crippen LogP contribution is 2.06. The van der Waals surface area contributed by atoms with Crippen molar-refractivity contribution in [2.24, 2.45) is 5.73 Å². The second-order valence-corrected chi connectivity index (χ2v) is 4.52. The van der Waals surface area contributed by atoms with Gasteiger partial charge in [-0.15, -0.1) is 0 Å². The highest BCUT2D eigenvalue weighted by Gasteiger charge is 2.14. The molecule has 0 saturated carbocycles. The van der Waals surface area contributed by atoms with E-state index < -0.39 is 0 Å². The molecule has 0 aromatic carbocycles. The van der Waals surface area contributed by atoms with E-state index in [1.54, 1.807) is 7.11 Å². The van der Waals surface area contributed by atoms with Crippen LogP contribution in [0.1, 0.15) is 27.2 Å². The van der Waals surface area contributed by atoms with Crippen molar-refractivity contribution in [2.75, 3.05) is 27.3 Å². The van der Waals surface area contributed by atoms with Crippen LogP contribution in [-0.2, 0) is 4.74 Å². The third-order valence-corrected chi connectivity index (χ3v) is 2.27. The number of hydrogen-bond donors (Lipinski definition) is 1. The fraction of sp³-hybridized carbons (Fsp3) is 1.00. The first-order valence-electron chi connectivity index (χ1n) is 4.85. The molecule has 0 aromatic rings. The SMILES string of the molecule is COCC(C)N(C)CCC(C)(C)N. The first kappa shape index (κ1) is 12.9. The molecule has 0 aliphatic rings. The van der Waals surface area contributed by atoms with Crippen LogP contribution in [0.4, 0.5) is 0 Å². The molecule has 2 N–H and O–H groups in total. The summed E-state index contributed by atoms with van der Waals surface area (Å²) in [5.41, 5.74) is 5.83. The molecule has 1 atom stereocenters. The number of nitrogens with two attached hydrogens (primary N) is 1. The standard InChI is InChI=1S/C10H24N2O/c1-9(8-13-5)12(4)7-6-10(2,3)11/h9H,6-8,11H2,1-5H3. The quantitative estimate of drug-likeness (QED) is 0.678. The highest BCUT2D eigenvalue weighted by atomic mass is 16.5. The van der Waals surface area contributed by atoms with Gasteiger partial charge in [-0.2, -0.15) is 0 Å². The zero-order chi connectivity index (χ0) is 10.5. The van der Waals surface area contributed by atoms with E-state index in [2.05, 4.69) is 32.7 Å². The largest absolute Gasteiger partial charge is 0.383 e. The van der Waals surface area contributed by atoms with Gasteiger partial charge < -0.3 is 15.4 Å². The minimum absolute atomic E-state index is 0.0684. The van der Waals surface area contributed by atoms with E-state index in [0.717, 1.165) is 19.6 Å². The maximum atomic E-state index is 5.90. The second kappa shape index (κ2) is 5.58. The van der Waals surface area contributed by atoms with Crippen LogP contribution in [-0.4, -0.2) is 43.8 Å². The van der Waals surface area contributed by atoms with Crippen molar-refractivity contribution in [3.8, 4) is 0 Å². The van der Waals surface area contributed by atoms with E-state index in [-0.39, 0.29) is 5.54 Å². The smallest absolute Gasteiger partial charge is 0.0615 e. The monoisotopic (exact) mass is 188 g/mol. The van der Waals surface area contributed by atoms with Crippen molar-refractivity contribution in [1.82, 2.24) is 4.90 Å². The van der Waals surface area contributed by atoms with E-state index in [4.69, 9.17) is 10.5 Å². The number of rotatable bonds is 6. The summed E-state index contributed by atoms with van der Waals surface area (Å²) < 4.78 is 5.08. The Bertz CT molecular complexity index is 131. The fourth-order valence-electron chi connectivity index (χ4n) is 1.05. The number of ether oxygens (including phenoxy) is 1. The molecule has 3 heteroatoms. The lowest BCUT2D eigenvalue weighted by Gasteiger charge is -2.27. The Morgan fingerprint density at radius 2 is 2.00 bits per heavy atom. The number of hydrogen-bond acceptors (Lipinski definition) is 3. The Balaban J connectivity index is 3.67. The van der Waals surface area contributed by atoms with Crippen molar-refractivity contribution in [3.05, 3.63) is 0 Å². The van der Waals surface area contributed by atoms with Crippen molar-refractivity contribution in [2.45, 2.75) is 38.8 Å². The molecule has 0 aliphatic heterocycles. The summed E-state index contributed by atoms with van der Waals surface area (Å²) in [6.45, 7) is 8.08. The lowest BCUT2D eigenvalue weighted by molar-refractivity contribution is 0.111. The third kappa shape index (κ3) is 6.99. The second-order valence-electron chi connectivity index (χ2n) is 4.52. The van der Waals surface area contributed by atoms with Crippen LogP contribution in [0.3, 0.4) is 0 Å². The summed E-state index contributed by atoms with van der Waals surface area (Å²) in [4.78, 5) is 2.28.